The Morgan fingerprint density at radius 1 is 0.382 bits per heavy atom. The zero-order valence-corrected chi connectivity index (χ0v) is 30.3. The number of rotatable bonds is 3. The first-order chi connectivity index (χ1) is 27.2. The molecule has 12 rings (SSSR count). The maximum Gasteiger partial charge on any atom is 0.0970 e. The molecule has 0 amide bonds. The first-order valence-corrected chi connectivity index (χ1v) is 19.4. The maximum absolute atomic E-state index is 5.26. The molecular formula is C51H29N3S. The molecule has 0 fully saturated rings. The number of hydrogen-bond donors (Lipinski definition) is 0. The van der Waals surface area contributed by atoms with E-state index in [1.807, 2.05) is 35.9 Å². The zero-order valence-electron chi connectivity index (χ0n) is 29.5. The van der Waals surface area contributed by atoms with E-state index in [1.165, 1.54) is 80.1 Å². The Balaban J connectivity index is 0.932. The van der Waals surface area contributed by atoms with Crippen LogP contribution in [0, 0.1) is 0 Å². The van der Waals surface area contributed by atoms with Gasteiger partial charge in [0, 0.05) is 65.1 Å². The van der Waals surface area contributed by atoms with Gasteiger partial charge >= 0.3 is 0 Å². The van der Waals surface area contributed by atoms with Gasteiger partial charge in [-0.1, -0.05) is 121 Å². The molecule has 0 spiro atoms. The van der Waals surface area contributed by atoms with Gasteiger partial charge in [-0.15, -0.1) is 11.3 Å². The standard InChI is InChI=1S/C51H29N3S/c1-3-11-45-42(9-1)47-43(24-23-41-39-8-2-4-12-46(39)55-51(41)47)48(54-45)31-15-13-30(14-16-31)32-19-21-37-33(27-32)17-18-34-28-35(20-22-38(34)37)44-29-36-7-5-25-52-49(36)50-40(44)10-6-26-53-50/h1-29H. The average molecular weight is 716 g/mol. The predicted octanol–water partition coefficient (Wildman–Crippen LogP) is 14.2. The van der Waals surface area contributed by atoms with E-state index in [1.54, 1.807) is 0 Å². The minimum atomic E-state index is 0.935. The molecule has 55 heavy (non-hydrogen) atoms. The van der Waals surface area contributed by atoms with E-state index in [0.29, 0.717) is 0 Å². The van der Waals surface area contributed by atoms with Crippen LogP contribution in [0.5, 0.6) is 0 Å². The minimum Gasteiger partial charge on any atom is -0.254 e. The first kappa shape index (κ1) is 30.5. The molecule has 0 N–H and O–H groups in total. The highest BCUT2D eigenvalue weighted by atomic mass is 32.1. The molecule has 0 aliphatic rings. The van der Waals surface area contributed by atoms with E-state index in [-0.39, 0.29) is 0 Å². The highest BCUT2D eigenvalue weighted by Gasteiger charge is 2.17. The Kier molecular flexibility index (Phi) is 6.50. The lowest BCUT2D eigenvalue weighted by Gasteiger charge is -2.13. The number of para-hydroxylation sites is 1. The molecule has 4 heteroatoms. The number of thiophene rings is 1. The third-order valence-corrected chi connectivity index (χ3v) is 12.5. The van der Waals surface area contributed by atoms with Crippen molar-refractivity contribution in [3.8, 4) is 33.5 Å². The SMILES string of the molecule is c1cnc2c(c1)cc(-c1ccc3c(ccc4cc(-c5ccc(-c6nc7ccccc7c7c6ccc6c8ccccc8sc67)cc5)ccc43)c1)c1cccnc12. The van der Waals surface area contributed by atoms with Crippen molar-refractivity contribution in [1.82, 2.24) is 15.0 Å². The van der Waals surface area contributed by atoms with E-state index in [9.17, 15) is 0 Å². The molecule has 0 saturated heterocycles. The lowest BCUT2D eigenvalue weighted by Crippen LogP contribution is -1.90. The van der Waals surface area contributed by atoms with Crippen LogP contribution >= 0.6 is 11.3 Å². The second-order valence-corrected chi connectivity index (χ2v) is 15.4. The Morgan fingerprint density at radius 2 is 1.02 bits per heavy atom. The highest BCUT2D eigenvalue weighted by molar-refractivity contribution is 7.26. The third-order valence-electron chi connectivity index (χ3n) is 11.3. The van der Waals surface area contributed by atoms with Crippen molar-refractivity contribution in [2.24, 2.45) is 0 Å². The van der Waals surface area contributed by atoms with Crippen LogP contribution in [0.3, 0.4) is 0 Å². The van der Waals surface area contributed by atoms with E-state index < -0.39 is 0 Å². The lowest BCUT2D eigenvalue weighted by molar-refractivity contribution is 1.37. The maximum atomic E-state index is 5.26. The molecule has 4 heterocycles. The molecule has 0 unspecified atom stereocenters. The van der Waals surface area contributed by atoms with Crippen molar-refractivity contribution in [2.75, 3.05) is 0 Å². The topological polar surface area (TPSA) is 38.7 Å². The molecule has 0 aliphatic carbocycles. The van der Waals surface area contributed by atoms with Crippen molar-refractivity contribution in [3.63, 3.8) is 0 Å². The van der Waals surface area contributed by atoms with Crippen LogP contribution in [0.25, 0.3) is 119 Å². The summed E-state index contributed by atoms with van der Waals surface area (Å²) in [7, 11) is 0. The van der Waals surface area contributed by atoms with Crippen LogP contribution < -0.4 is 0 Å². The summed E-state index contributed by atoms with van der Waals surface area (Å²) in [5.41, 5.74) is 9.76. The summed E-state index contributed by atoms with van der Waals surface area (Å²) in [6.45, 7) is 0. The predicted molar refractivity (Wildman–Crippen MR) is 234 cm³/mol. The van der Waals surface area contributed by atoms with Crippen LogP contribution in [0.1, 0.15) is 0 Å². The van der Waals surface area contributed by atoms with E-state index >= 15 is 0 Å². The highest BCUT2D eigenvalue weighted by Crippen LogP contribution is 2.44. The zero-order chi connectivity index (χ0) is 36.0. The number of aromatic nitrogens is 3. The van der Waals surface area contributed by atoms with E-state index in [2.05, 4.69) is 157 Å². The lowest BCUT2D eigenvalue weighted by atomic mass is 9.93. The second-order valence-electron chi connectivity index (χ2n) is 14.4. The van der Waals surface area contributed by atoms with E-state index in [4.69, 9.17) is 9.97 Å². The normalized spacial score (nSPS) is 12.0. The van der Waals surface area contributed by atoms with Gasteiger partial charge < -0.3 is 0 Å². The van der Waals surface area contributed by atoms with Gasteiger partial charge in [-0.25, -0.2) is 4.98 Å². The number of pyridine rings is 3. The number of nitrogens with zero attached hydrogens (tertiary/aromatic N) is 3. The summed E-state index contributed by atoms with van der Waals surface area (Å²) in [4.78, 5) is 14.6. The van der Waals surface area contributed by atoms with Gasteiger partial charge in [-0.05, 0) is 86.3 Å². The third kappa shape index (κ3) is 4.65. The Morgan fingerprint density at radius 3 is 1.87 bits per heavy atom. The van der Waals surface area contributed by atoms with Gasteiger partial charge in [0.2, 0.25) is 0 Å². The molecule has 3 nitrogen and oxygen atoms in total. The fraction of sp³-hybridized carbons (Fsp3) is 0. The molecular weight excluding hydrogens is 687 g/mol. The summed E-state index contributed by atoms with van der Waals surface area (Å²) >= 11 is 1.88. The van der Waals surface area contributed by atoms with Crippen LogP contribution in [0.15, 0.2) is 176 Å². The summed E-state index contributed by atoms with van der Waals surface area (Å²) < 4.78 is 2.64. The smallest absolute Gasteiger partial charge is 0.0970 e. The Labute approximate surface area is 319 Å². The molecule has 0 saturated carbocycles. The fourth-order valence-electron chi connectivity index (χ4n) is 8.69. The van der Waals surface area contributed by atoms with Gasteiger partial charge in [0.1, 0.15) is 0 Å². The van der Waals surface area contributed by atoms with Crippen molar-refractivity contribution < 1.29 is 0 Å². The van der Waals surface area contributed by atoms with Gasteiger partial charge in [0.25, 0.3) is 0 Å². The summed E-state index contributed by atoms with van der Waals surface area (Å²) in [6, 6.07) is 59.5. The summed E-state index contributed by atoms with van der Waals surface area (Å²) in [6.07, 6.45) is 3.69. The van der Waals surface area contributed by atoms with E-state index in [0.717, 1.165) is 38.6 Å². The molecule has 254 valence electrons. The van der Waals surface area contributed by atoms with Crippen LogP contribution in [-0.4, -0.2) is 15.0 Å². The molecule has 0 bridgehead atoms. The Hall–Kier alpha value is -7.01. The number of fused-ring (bicyclic) bond motifs is 13. The van der Waals surface area contributed by atoms with Crippen molar-refractivity contribution in [2.45, 2.75) is 0 Å². The molecule has 0 radical (unpaired) electrons. The largest absolute Gasteiger partial charge is 0.254 e. The van der Waals surface area contributed by atoms with Crippen molar-refractivity contribution >= 4 is 96.5 Å². The van der Waals surface area contributed by atoms with Crippen LogP contribution in [0.2, 0.25) is 0 Å². The summed E-state index contributed by atoms with van der Waals surface area (Å²) in [5.74, 6) is 0. The second kappa shape index (κ2) is 11.7. The van der Waals surface area contributed by atoms with Crippen molar-refractivity contribution in [1.29, 1.82) is 0 Å². The first-order valence-electron chi connectivity index (χ1n) is 18.6. The molecule has 8 aromatic carbocycles. The van der Waals surface area contributed by atoms with Crippen molar-refractivity contribution in [3.05, 3.63) is 176 Å². The average Bonchev–Trinajstić information content (AvgIpc) is 3.64. The molecule has 0 atom stereocenters. The minimum absolute atomic E-state index is 0.935. The Bertz CT molecular complexity index is 3550. The molecule has 4 aromatic heterocycles. The number of hydrogen-bond acceptors (Lipinski definition) is 4. The summed E-state index contributed by atoms with van der Waals surface area (Å²) in [5, 5.41) is 13.4. The monoisotopic (exact) mass is 715 g/mol. The van der Waals surface area contributed by atoms with Crippen LogP contribution in [-0.2, 0) is 0 Å². The van der Waals surface area contributed by atoms with Gasteiger partial charge in [0.15, 0.2) is 0 Å². The number of benzene rings is 8. The van der Waals surface area contributed by atoms with Gasteiger partial charge in [-0.2, -0.15) is 0 Å². The van der Waals surface area contributed by atoms with Crippen LogP contribution in [0.4, 0.5) is 0 Å². The fourth-order valence-corrected chi connectivity index (χ4v) is 9.96. The van der Waals surface area contributed by atoms with Gasteiger partial charge in [0.05, 0.1) is 22.2 Å². The molecule has 0 aliphatic heterocycles. The quantitative estimate of drug-likeness (QED) is 0.171. The van der Waals surface area contributed by atoms with Gasteiger partial charge in [-0.3, -0.25) is 9.97 Å². The molecule has 12 aromatic rings.